The molecular weight excluding hydrogens is 304 g/mol. The Kier molecular flexibility index (Phi) is 5.29. The summed E-state index contributed by atoms with van der Waals surface area (Å²) >= 11 is 6.04. The van der Waals surface area contributed by atoms with E-state index < -0.39 is 11.8 Å². The first-order valence-corrected chi connectivity index (χ1v) is 7.78. The van der Waals surface area contributed by atoms with Crippen molar-refractivity contribution in [3.05, 3.63) is 22.7 Å². The van der Waals surface area contributed by atoms with E-state index in [2.05, 4.69) is 5.32 Å². The highest BCUT2D eigenvalue weighted by Crippen LogP contribution is 2.31. The van der Waals surface area contributed by atoms with Crippen molar-refractivity contribution in [1.82, 2.24) is 4.90 Å². The van der Waals surface area contributed by atoms with Crippen LogP contribution in [0.15, 0.2) is 12.1 Å². The SMILES string of the molecule is COc1cc(Cl)c(C)cc1NC(=O)C(=O)N1CCCCC1C. The summed E-state index contributed by atoms with van der Waals surface area (Å²) in [6, 6.07) is 3.42. The maximum atomic E-state index is 12.3. The van der Waals surface area contributed by atoms with Gasteiger partial charge in [-0.1, -0.05) is 11.6 Å². The molecule has 1 fully saturated rings. The number of carbonyl (C=O) groups excluding carboxylic acids is 2. The zero-order valence-electron chi connectivity index (χ0n) is 13.1. The minimum absolute atomic E-state index is 0.0980. The molecule has 1 aliphatic rings. The summed E-state index contributed by atoms with van der Waals surface area (Å²) in [6.07, 6.45) is 2.96. The summed E-state index contributed by atoms with van der Waals surface area (Å²) in [4.78, 5) is 26.2. The van der Waals surface area contributed by atoms with Gasteiger partial charge < -0.3 is 15.0 Å². The van der Waals surface area contributed by atoms with Crippen LogP contribution >= 0.6 is 11.6 Å². The fourth-order valence-corrected chi connectivity index (χ4v) is 2.79. The highest BCUT2D eigenvalue weighted by molar-refractivity contribution is 6.40. The first kappa shape index (κ1) is 16.6. The molecule has 1 saturated heterocycles. The van der Waals surface area contributed by atoms with Gasteiger partial charge in [0.25, 0.3) is 0 Å². The summed E-state index contributed by atoms with van der Waals surface area (Å²) in [6.45, 7) is 4.42. The van der Waals surface area contributed by atoms with Crippen LogP contribution in [-0.2, 0) is 9.59 Å². The molecule has 1 aromatic carbocycles. The van der Waals surface area contributed by atoms with Crippen LogP contribution in [0.2, 0.25) is 5.02 Å². The normalized spacial score (nSPS) is 18.0. The van der Waals surface area contributed by atoms with Gasteiger partial charge in [-0.2, -0.15) is 0 Å². The van der Waals surface area contributed by atoms with Gasteiger partial charge in [0.2, 0.25) is 0 Å². The number of ether oxygens (including phenoxy) is 1. The van der Waals surface area contributed by atoms with Crippen LogP contribution in [0.5, 0.6) is 5.75 Å². The molecule has 22 heavy (non-hydrogen) atoms. The van der Waals surface area contributed by atoms with Crippen LogP contribution in [0.25, 0.3) is 0 Å². The molecule has 1 atom stereocenters. The number of nitrogens with one attached hydrogen (secondary N) is 1. The van der Waals surface area contributed by atoms with Gasteiger partial charge in [0, 0.05) is 23.7 Å². The second-order valence-electron chi connectivity index (χ2n) is 5.60. The molecule has 120 valence electrons. The highest BCUT2D eigenvalue weighted by Gasteiger charge is 2.28. The van der Waals surface area contributed by atoms with Crippen molar-refractivity contribution in [2.45, 2.75) is 39.2 Å². The number of piperidine rings is 1. The molecule has 1 heterocycles. The number of rotatable bonds is 2. The highest BCUT2D eigenvalue weighted by atomic mass is 35.5. The van der Waals surface area contributed by atoms with Gasteiger partial charge in [-0.05, 0) is 44.7 Å². The Morgan fingerprint density at radius 2 is 2.09 bits per heavy atom. The van der Waals surface area contributed by atoms with Gasteiger partial charge >= 0.3 is 11.8 Å². The molecule has 1 aliphatic heterocycles. The summed E-state index contributed by atoms with van der Waals surface area (Å²) < 4.78 is 5.20. The Morgan fingerprint density at radius 1 is 1.36 bits per heavy atom. The standard InChI is InChI=1S/C16H21ClN2O3/c1-10-8-13(14(22-3)9-12(10)17)18-15(20)16(21)19-7-5-4-6-11(19)2/h8-9,11H,4-7H2,1-3H3,(H,18,20). The van der Waals surface area contributed by atoms with Gasteiger partial charge in [0.1, 0.15) is 5.75 Å². The first-order chi connectivity index (χ1) is 10.4. The molecule has 0 aromatic heterocycles. The maximum Gasteiger partial charge on any atom is 0.314 e. The third-order valence-corrected chi connectivity index (χ3v) is 4.39. The van der Waals surface area contributed by atoms with E-state index in [1.807, 2.05) is 13.8 Å². The number of methoxy groups -OCH3 is 1. The van der Waals surface area contributed by atoms with Gasteiger partial charge in [-0.3, -0.25) is 9.59 Å². The zero-order chi connectivity index (χ0) is 16.3. The molecule has 0 bridgehead atoms. The predicted octanol–water partition coefficient (Wildman–Crippen LogP) is 3.00. The number of hydrogen-bond donors (Lipinski definition) is 1. The number of halogens is 1. The first-order valence-electron chi connectivity index (χ1n) is 7.40. The van der Waals surface area contributed by atoms with E-state index in [1.165, 1.54) is 7.11 Å². The number of anilines is 1. The molecule has 2 rings (SSSR count). The Morgan fingerprint density at radius 3 is 2.73 bits per heavy atom. The molecule has 0 aliphatic carbocycles. The Hall–Kier alpha value is -1.75. The van der Waals surface area contributed by atoms with Crippen molar-refractivity contribution in [3.8, 4) is 5.75 Å². The van der Waals surface area contributed by atoms with Gasteiger partial charge in [-0.25, -0.2) is 0 Å². The van der Waals surface area contributed by atoms with Crippen molar-refractivity contribution in [1.29, 1.82) is 0 Å². The third kappa shape index (κ3) is 3.53. The molecule has 0 saturated carbocycles. The number of benzene rings is 1. The molecule has 6 heteroatoms. The zero-order valence-corrected chi connectivity index (χ0v) is 13.9. The lowest BCUT2D eigenvalue weighted by molar-refractivity contribution is -0.145. The van der Waals surface area contributed by atoms with E-state index in [0.29, 0.717) is 23.0 Å². The van der Waals surface area contributed by atoms with Crippen molar-refractivity contribution in [2.24, 2.45) is 0 Å². The molecule has 5 nitrogen and oxygen atoms in total. The van der Waals surface area contributed by atoms with Crippen LogP contribution in [0.3, 0.4) is 0 Å². The van der Waals surface area contributed by atoms with Gasteiger partial charge in [0.05, 0.1) is 12.8 Å². The number of amides is 2. The molecule has 0 spiro atoms. The van der Waals surface area contributed by atoms with Crippen LogP contribution in [-0.4, -0.2) is 36.4 Å². The molecule has 0 radical (unpaired) electrons. The number of carbonyl (C=O) groups is 2. The lowest BCUT2D eigenvalue weighted by Crippen LogP contribution is -2.47. The van der Waals surface area contributed by atoms with Crippen LogP contribution < -0.4 is 10.1 Å². The average molecular weight is 325 g/mol. The maximum absolute atomic E-state index is 12.3. The number of nitrogens with zero attached hydrogens (tertiary/aromatic N) is 1. The van der Waals surface area contributed by atoms with Gasteiger partial charge in [0.15, 0.2) is 0 Å². The lowest BCUT2D eigenvalue weighted by atomic mass is 10.0. The van der Waals surface area contributed by atoms with E-state index in [1.54, 1.807) is 17.0 Å². The monoisotopic (exact) mass is 324 g/mol. The van der Waals surface area contributed by atoms with Crippen molar-refractivity contribution in [2.75, 3.05) is 19.0 Å². The van der Waals surface area contributed by atoms with Crippen LogP contribution in [0, 0.1) is 6.92 Å². The third-order valence-electron chi connectivity index (χ3n) is 3.99. The predicted molar refractivity (Wildman–Crippen MR) is 86.4 cm³/mol. The molecule has 2 amide bonds. The second-order valence-corrected chi connectivity index (χ2v) is 6.01. The van der Waals surface area contributed by atoms with E-state index in [4.69, 9.17) is 16.3 Å². The van der Waals surface area contributed by atoms with Crippen LogP contribution in [0.4, 0.5) is 5.69 Å². The molecular formula is C16H21ClN2O3. The van der Waals surface area contributed by atoms with Crippen LogP contribution in [0.1, 0.15) is 31.7 Å². The average Bonchev–Trinajstić information content (AvgIpc) is 2.50. The largest absolute Gasteiger partial charge is 0.495 e. The molecule has 1 aromatic rings. The fourth-order valence-electron chi connectivity index (χ4n) is 2.64. The van der Waals surface area contributed by atoms with Gasteiger partial charge in [-0.15, -0.1) is 0 Å². The fraction of sp³-hybridized carbons (Fsp3) is 0.500. The quantitative estimate of drug-likeness (QED) is 0.851. The van der Waals surface area contributed by atoms with Crippen molar-refractivity contribution in [3.63, 3.8) is 0 Å². The summed E-state index contributed by atoms with van der Waals surface area (Å²) in [5.74, 6) is -0.709. The molecule has 1 unspecified atom stereocenters. The number of likely N-dealkylation sites (tertiary alicyclic amines) is 1. The van der Waals surface area contributed by atoms with E-state index in [-0.39, 0.29) is 6.04 Å². The lowest BCUT2D eigenvalue weighted by Gasteiger charge is -2.32. The van der Waals surface area contributed by atoms with E-state index in [0.717, 1.165) is 24.8 Å². The van der Waals surface area contributed by atoms with Crippen molar-refractivity contribution >= 4 is 29.1 Å². The minimum atomic E-state index is -0.645. The Balaban J connectivity index is 2.14. The van der Waals surface area contributed by atoms with E-state index in [9.17, 15) is 9.59 Å². The second kappa shape index (κ2) is 7.01. The molecule has 1 N–H and O–H groups in total. The number of aryl methyl sites for hydroxylation is 1. The summed E-state index contributed by atoms with van der Waals surface area (Å²) in [5.41, 5.74) is 1.25. The summed E-state index contributed by atoms with van der Waals surface area (Å²) in [7, 11) is 1.49. The van der Waals surface area contributed by atoms with Crippen molar-refractivity contribution < 1.29 is 14.3 Å². The number of hydrogen-bond acceptors (Lipinski definition) is 3. The summed E-state index contributed by atoms with van der Waals surface area (Å²) in [5, 5.41) is 3.18. The minimum Gasteiger partial charge on any atom is -0.495 e. The topological polar surface area (TPSA) is 58.6 Å². The smallest absolute Gasteiger partial charge is 0.314 e. The van der Waals surface area contributed by atoms with E-state index >= 15 is 0 Å². The Bertz CT molecular complexity index is 589. The Labute approximate surface area is 135 Å².